The first kappa shape index (κ1) is 18.6. The number of fused-ring (bicyclic) bond motifs is 1. The van der Waals surface area contributed by atoms with Crippen molar-refractivity contribution in [1.82, 2.24) is 15.2 Å². The zero-order valence-corrected chi connectivity index (χ0v) is 16.4. The van der Waals surface area contributed by atoms with E-state index < -0.39 is 0 Å². The lowest BCUT2D eigenvalue weighted by Gasteiger charge is -2.36. The van der Waals surface area contributed by atoms with Gasteiger partial charge in [-0.25, -0.2) is 0 Å². The van der Waals surface area contributed by atoms with Crippen LogP contribution in [0.2, 0.25) is 0 Å². The highest BCUT2D eigenvalue weighted by Gasteiger charge is 2.20. The summed E-state index contributed by atoms with van der Waals surface area (Å²) in [5.41, 5.74) is 2.83. The molecule has 1 fully saturated rings. The highest BCUT2D eigenvalue weighted by Crippen LogP contribution is 2.33. The van der Waals surface area contributed by atoms with Gasteiger partial charge in [0.1, 0.15) is 0 Å². The molecule has 7 nitrogen and oxygen atoms in total. The third kappa shape index (κ3) is 4.20. The predicted octanol–water partition coefficient (Wildman–Crippen LogP) is 2.27. The van der Waals surface area contributed by atoms with Gasteiger partial charge < -0.3 is 19.7 Å². The van der Waals surface area contributed by atoms with E-state index >= 15 is 0 Å². The minimum absolute atomic E-state index is 0.0780. The number of benzene rings is 1. The lowest BCUT2D eigenvalue weighted by Crippen LogP contribution is -2.46. The maximum atomic E-state index is 12.2. The van der Waals surface area contributed by atoms with Crippen molar-refractivity contribution in [3.05, 3.63) is 47.8 Å². The van der Waals surface area contributed by atoms with Crippen LogP contribution in [0.15, 0.2) is 36.7 Å². The molecule has 148 valence electrons. The van der Waals surface area contributed by atoms with Gasteiger partial charge in [-0.1, -0.05) is 6.07 Å². The number of hydrogen-bond donors (Lipinski definition) is 1. The van der Waals surface area contributed by atoms with Crippen molar-refractivity contribution in [3.63, 3.8) is 0 Å². The summed E-state index contributed by atoms with van der Waals surface area (Å²) in [6.07, 6.45) is 3.46. The molecule has 3 heterocycles. The van der Waals surface area contributed by atoms with Crippen LogP contribution in [0, 0.1) is 0 Å². The lowest BCUT2D eigenvalue weighted by atomic mass is 10.1. The Morgan fingerprint density at radius 2 is 1.89 bits per heavy atom. The fourth-order valence-corrected chi connectivity index (χ4v) is 3.53. The monoisotopic (exact) mass is 382 g/mol. The predicted molar refractivity (Wildman–Crippen MR) is 107 cm³/mol. The molecule has 0 bridgehead atoms. The largest absolute Gasteiger partial charge is 0.454 e. The molecule has 0 atom stereocenters. The molecule has 2 aliphatic heterocycles. The second kappa shape index (κ2) is 8.06. The van der Waals surface area contributed by atoms with Crippen molar-refractivity contribution < 1.29 is 14.3 Å². The first-order chi connectivity index (χ1) is 13.6. The summed E-state index contributed by atoms with van der Waals surface area (Å²) >= 11 is 0. The van der Waals surface area contributed by atoms with Gasteiger partial charge in [0.25, 0.3) is 5.91 Å². The minimum Gasteiger partial charge on any atom is -0.454 e. The van der Waals surface area contributed by atoms with Crippen LogP contribution in [0.25, 0.3) is 0 Å². The van der Waals surface area contributed by atoms with Crippen LogP contribution in [0.3, 0.4) is 0 Å². The van der Waals surface area contributed by atoms with E-state index in [2.05, 4.69) is 32.2 Å². The Morgan fingerprint density at radius 1 is 1.11 bits per heavy atom. The summed E-state index contributed by atoms with van der Waals surface area (Å²) in [5.74, 6) is 1.58. The second-order valence-electron chi connectivity index (χ2n) is 7.51. The standard InChI is InChI=1S/C21H26N4O3/c1-15(2)23-21(26)17-10-18(12-22-11-17)25-7-5-24(6-8-25)13-16-3-4-19-20(9-16)28-14-27-19/h3-4,9-12,15H,5-8,13-14H2,1-2H3,(H,23,26). The molecule has 0 saturated carbocycles. The molecule has 0 aliphatic carbocycles. The van der Waals surface area contributed by atoms with Crippen LogP contribution in [-0.2, 0) is 6.54 Å². The average molecular weight is 382 g/mol. The highest BCUT2D eigenvalue weighted by atomic mass is 16.7. The van der Waals surface area contributed by atoms with E-state index in [0.717, 1.165) is 49.9 Å². The van der Waals surface area contributed by atoms with Gasteiger partial charge in [0, 0.05) is 45.0 Å². The van der Waals surface area contributed by atoms with E-state index in [4.69, 9.17) is 9.47 Å². The number of carbonyl (C=O) groups excluding carboxylic acids is 1. The fraction of sp³-hybridized carbons (Fsp3) is 0.429. The molecule has 1 saturated heterocycles. The van der Waals surface area contributed by atoms with E-state index in [1.807, 2.05) is 32.2 Å². The normalized spacial score (nSPS) is 16.5. The van der Waals surface area contributed by atoms with Crippen molar-refractivity contribution in [1.29, 1.82) is 0 Å². The second-order valence-corrected chi connectivity index (χ2v) is 7.51. The van der Waals surface area contributed by atoms with Crippen LogP contribution in [-0.4, -0.2) is 54.8 Å². The molecule has 1 aromatic heterocycles. The molecule has 1 aromatic carbocycles. The van der Waals surface area contributed by atoms with Crippen molar-refractivity contribution in [2.45, 2.75) is 26.4 Å². The Labute approximate surface area is 165 Å². The number of amides is 1. The Kier molecular flexibility index (Phi) is 5.34. The van der Waals surface area contributed by atoms with Gasteiger partial charge >= 0.3 is 0 Å². The van der Waals surface area contributed by atoms with Crippen LogP contribution in [0.1, 0.15) is 29.8 Å². The topological polar surface area (TPSA) is 66.9 Å². The molecule has 2 aromatic rings. The molecule has 28 heavy (non-hydrogen) atoms. The summed E-state index contributed by atoms with van der Waals surface area (Å²) in [5, 5.41) is 2.92. The van der Waals surface area contributed by atoms with Gasteiger partial charge in [0.05, 0.1) is 17.4 Å². The van der Waals surface area contributed by atoms with Crippen LogP contribution >= 0.6 is 0 Å². The Balaban J connectivity index is 1.34. The molecular weight excluding hydrogens is 356 g/mol. The van der Waals surface area contributed by atoms with Crippen molar-refractivity contribution >= 4 is 11.6 Å². The summed E-state index contributed by atoms with van der Waals surface area (Å²) in [7, 11) is 0. The van der Waals surface area contributed by atoms with Crippen LogP contribution < -0.4 is 19.7 Å². The van der Waals surface area contributed by atoms with Gasteiger partial charge in [-0.15, -0.1) is 0 Å². The van der Waals surface area contributed by atoms with E-state index in [0.29, 0.717) is 12.4 Å². The first-order valence-corrected chi connectivity index (χ1v) is 9.70. The van der Waals surface area contributed by atoms with Crippen LogP contribution in [0.5, 0.6) is 11.5 Å². The minimum atomic E-state index is -0.0780. The molecule has 0 spiro atoms. The van der Waals surface area contributed by atoms with Gasteiger partial charge in [-0.05, 0) is 37.6 Å². The van der Waals surface area contributed by atoms with Gasteiger partial charge in [-0.3, -0.25) is 14.7 Å². The smallest absolute Gasteiger partial charge is 0.253 e. The molecule has 7 heteroatoms. The fourth-order valence-electron chi connectivity index (χ4n) is 3.53. The SMILES string of the molecule is CC(C)NC(=O)c1cncc(N2CCN(Cc3ccc4c(c3)OCO4)CC2)c1. The summed E-state index contributed by atoms with van der Waals surface area (Å²) in [6, 6.07) is 8.18. The average Bonchev–Trinajstić information content (AvgIpc) is 3.16. The summed E-state index contributed by atoms with van der Waals surface area (Å²) < 4.78 is 10.8. The highest BCUT2D eigenvalue weighted by molar-refractivity contribution is 5.94. The first-order valence-electron chi connectivity index (χ1n) is 9.70. The summed E-state index contributed by atoms with van der Waals surface area (Å²) in [4.78, 5) is 21.2. The molecule has 2 aliphatic rings. The third-order valence-electron chi connectivity index (χ3n) is 4.99. The van der Waals surface area contributed by atoms with E-state index in [1.54, 1.807) is 6.20 Å². The van der Waals surface area contributed by atoms with Gasteiger partial charge in [0.15, 0.2) is 11.5 Å². The molecule has 1 amide bonds. The zero-order valence-electron chi connectivity index (χ0n) is 16.4. The molecular formula is C21H26N4O3. The summed E-state index contributed by atoms with van der Waals surface area (Å²) in [6.45, 7) is 8.82. The van der Waals surface area contributed by atoms with Crippen molar-refractivity contribution in [2.75, 3.05) is 37.9 Å². The Morgan fingerprint density at radius 3 is 2.68 bits per heavy atom. The number of ether oxygens (including phenoxy) is 2. The number of aromatic nitrogens is 1. The maximum absolute atomic E-state index is 12.2. The number of pyridine rings is 1. The number of piperazine rings is 1. The maximum Gasteiger partial charge on any atom is 0.253 e. The van der Waals surface area contributed by atoms with E-state index in [-0.39, 0.29) is 11.9 Å². The Bertz CT molecular complexity index is 847. The van der Waals surface area contributed by atoms with E-state index in [1.165, 1.54) is 5.56 Å². The number of rotatable bonds is 5. The molecule has 0 radical (unpaired) electrons. The number of anilines is 1. The lowest BCUT2D eigenvalue weighted by molar-refractivity contribution is 0.0942. The number of nitrogens with zero attached hydrogens (tertiary/aromatic N) is 3. The van der Waals surface area contributed by atoms with Gasteiger partial charge in [-0.2, -0.15) is 0 Å². The van der Waals surface area contributed by atoms with Gasteiger partial charge in [0.2, 0.25) is 6.79 Å². The molecule has 0 unspecified atom stereocenters. The number of hydrogen-bond acceptors (Lipinski definition) is 6. The van der Waals surface area contributed by atoms with E-state index in [9.17, 15) is 4.79 Å². The third-order valence-corrected chi connectivity index (χ3v) is 4.99. The Hall–Kier alpha value is -2.80. The number of carbonyl (C=O) groups is 1. The molecule has 1 N–H and O–H groups in total. The van der Waals surface area contributed by atoms with Crippen molar-refractivity contribution in [2.24, 2.45) is 0 Å². The van der Waals surface area contributed by atoms with Crippen molar-refractivity contribution in [3.8, 4) is 11.5 Å². The molecule has 4 rings (SSSR count). The quantitative estimate of drug-likeness (QED) is 0.856. The number of nitrogens with one attached hydrogen (secondary N) is 1. The van der Waals surface area contributed by atoms with Crippen LogP contribution in [0.4, 0.5) is 5.69 Å². The zero-order chi connectivity index (χ0) is 19.5.